The van der Waals surface area contributed by atoms with Gasteiger partial charge in [0.25, 0.3) is 0 Å². The van der Waals surface area contributed by atoms with E-state index in [4.69, 9.17) is 0 Å². The maximum absolute atomic E-state index is 13.8. The lowest BCUT2D eigenvalue weighted by Crippen LogP contribution is -2.53. The summed E-state index contributed by atoms with van der Waals surface area (Å²) in [7, 11) is 0. The third kappa shape index (κ3) is 5.47. The Morgan fingerprint density at radius 2 is 1.73 bits per heavy atom. The molecule has 2 aliphatic heterocycles. The van der Waals surface area contributed by atoms with Crippen LogP contribution >= 0.6 is 0 Å². The number of nitrogens with zero attached hydrogens (tertiary/aromatic N) is 1. The zero-order valence-electron chi connectivity index (χ0n) is 23.0. The first kappa shape index (κ1) is 26.1. The Hall–Kier alpha value is -4.10. The van der Waals surface area contributed by atoms with Gasteiger partial charge in [-0.15, -0.1) is 0 Å². The Morgan fingerprint density at radius 1 is 0.950 bits per heavy atom. The average Bonchev–Trinajstić information content (AvgIpc) is 3.44. The highest BCUT2D eigenvalue weighted by molar-refractivity contribution is 5.98. The first-order valence-corrected chi connectivity index (χ1v) is 14.4. The molecule has 1 fully saturated rings. The summed E-state index contributed by atoms with van der Waals surface area (Å²) in [5.41, 5.74) is 6.62. The van der Waals surface area contributed by atoms with Crippen molar-refractivity contribution >= 4 is 28.5 Å². The van der Waals surface area contributed by atoms with Crippen molar-refractivity contribution in [2.45, 2.75) is 50.6 Å². The Balaban J connectivity index is 1.20. The summed E-state index contributed by atoms with van der Waals surface area (Å²) in [5.74, 6) is -0.0109. The zero-order chi connectivity index (χ0) is 27.5. The minimum absolute atomic E-state index is 0.187. The third-order valence-corrected chi connectivity index (χ3v) is 8.59. The van der Waals surface area contributed by atoms with Crippen LogP contribution in [0, 0.1) is 0 Å². The quantitative estimate of drug-likeness (QED) is 0.262. The fraction of sp³-hybridized carbons (Fsp3) is 0.333. The van der Waals surface area contributed by atoms with E-state index in [1.807, 2.05) is 54.4 Å². The number of piperidine rings is 1. The highest BCUT2D eigenvalue weighted by atomic mass is 16.2. The largest absolute Gasteiger partial charge is 0.361 e. The number of rotatable bonds is 6. The van der Waals surface area contributed by atoms with E-state index in [1.54, 1.807) is 0 Å². The summed E-state index contributed by atoms with van der Waals surface area (Å²) in [6.07, 6.45) is 4.77. The van der Waals surface area contributed by atoms with Gasteiger partial charge >= 0.3 is 6.03 Å². The van der Waals surface area contributed by atoms with Crippen molar-refractivity contribution in [3.8, 4) is 0 Å². The summed E-state index contributed by atoms with van der Waals surface area (Å²) in [6.45, 7) is 5.11. The highest BCUT2D eigenvalue weighted by Gasteiger charge is 2.32. The molecule has 7 nitrogen and oxygen atoms in total. The van der Waals surface area contributed by atoms with Gasteiger partial charge in [-0.25, -0.2) is 4.79 Å². The molecule has 206 valence electrons. The molecule has 4 N–H and O–H groups in total. The molecular formula is C33H37N5O2. The second-order valence-corrected chi connectivity index (χ2v) is 11.1. The molecule has 3 heterocycles. The van der Waals surface area contributed by atoms with E-state index in [-0.39, 0.29) is 17.9 Å². The highest BCUT2D eigenvalue weighted by Crippen LogP contribution is 2.30. The number of hydrogen-bond donors (Lipinski definition) is 4. The van der Waals surface area contributed by atoms with Crippen LogP contribution in [0.25, 0.3) is 10.9 Å². The van der Waals surface area contributed by atoms with Gasteiger partial charge in [0, 0.05) is 48.3 Å². The molecule has 4 aromatic rings. The number of carbonyl (C=O) groups excluding carboxylic acids is 2. The first-order chi connectivity index (χ1) is 19.6. The summed E-state index contributed by atoms with van der Waals surface area (Å²) in [6, 6.07) is 23.8. The minimum atomic E-state index is -0.743. The smallest absolute Gasteiger partial charge is 0.318 e. The summed E-state index contributed by atoms with van der Waals surface area (Å²) in [5, 5.41) is 10.7. The molecule has 0 spiro atoms. The van der Waals surface area contributed by atoms with Crippen LogP contribution in [0.3, 0.4) is 0 Å². The number of hydrogen-bond acceptors (Lipinski definition) is 3. The molecule has 1 saturated heterocycles. The number of fused-ring (bicyclic) bond motifs is 2. The Labute approximate surface area is 235 Å². The number of aromatic amines is 1. The first-order valence-electron chi connectivity index (χ1n) is 14.4. The van der Waals surface area contributed by atoms with Gasteiger partial charge in [-0.05, 0) is 72.2 Å². The fourth-order valence-corrected chi connectivity index (χ4v) is 6.21. The van der Waals surface area contributed by atoms with E-state index in [0.29, 0.717) is 19.0 Å². The van der Waals surface area contributed by atoms with Gasteiger partial charge in [-0.2, -0.15) is 0 Å². The lowest BCUT2D eigenvalue weighted by molar-refractivity contribution is -0.118. The normalized spacial score (nSPS) is 17.2. The zero-order valence-corrected chi connectivity index (χ0v) is 23.0. The van der Waals surface area contributed by atoms with Crippen molar-refractivity contribution in [2.24, 2.45) is 0 Å². The molecule has 0 unspecified atom stereocenters. The predicted molar refractivity (Wildman–Crippen MR) is 160 cm³/mol. The van der Waals surface area contributed by atoms with Gasteiger partial charge in [0.15, 0.2) is 0 Å². The van der Waals surface area contributed by atoms with Gasteiger partial charge in [0.2, 0.25) is 5.91 Å². The summed E-state index contributed by atoms with van der Waals surface area (Å²) < 4.78 is 0. The van der Waals surface area contributed by atoms with Crippen molar-refractivity contribution in [3.63, 3.8) is 0 Å². The van der Waals surface area contributed by atoms with E-state index >= 15 is 0 Å². The standard InChI is InChI=1S/C33H37N5O2/c1-22(29-21-35-30-10-6-5-9-28(29)30)31(32(39)36-27-12-11-24-13-16-34-20-26(24)19-27)37-33(40)38-17-14-25(15-18-38)23-7-3-2-4-8-23/h2-12,19,21-22,25,31,34-35H,13-18,20H2,1H3,(H,36,39)(H,37,40)/t22-,31-/m1/s1. The van der Waals surface area contributed by atoms with Crippen molar-refractivity contribution in [2.75, 3.05) is 25.0 Å². The molecule has 0 bridgehead atoms. The molecular weight excluding hydrogens is 498 g/mol. The SMILES string of the molecule is C[C@H](c1c[nH]c2ccccc12)[C@@H](NC(=O)N1CCC(c2ccccc2)CC1)C(=O)Nc1ccc2c(c1)CNCC2. The van der Waals surface area contributed by atoms with Crippen molar-refractivity contribution < 1.29 is 9.59 Å². The average molecular weight is 536 g/mol. The molecule has 2 aliphatic rings. The van der Waals surface area contributed by atoms with Crippen LogP contribution in [0.2, 0.25) is 0 Å². The van der Waals surface area contributed by atoms with Crippen LogP contribution in [0.1, 0.15) is 53.9 Å². The molecule has 3 aromatic carbocycles. The molecule has 0 aliphatic carbocycles. The number of para-hydroxylation sites is 1. The monoisotopic (exact) mass is 535 g/mol. The molecule has 6 rings (SSSR count). The van der Waals surface area contributed by atoms with Crippen LogP contribution in [-0.2, 0) is 17.8 Å². The maximum atomic E-state index is 13.8. The van der Waals surface area contributed by atoms with E-state index < -0.39 is 6.04 Å². The van der Waals surface area contributed by atoms with E-state index in [1.165, 1.54) is 16.7 Å². The Kier molecular flexibility index (Phi) is 7.55. The van der Waals surface area contributed by atoms with Crippen molar-refractivity contribution in [1.82, 2.24) is 20.5 Å². The maximum Gasteiger partial charge on any atom is 0.318 e. The number of likely N-dealkylation sites (tertiary alicyclic amines) is 1. The van der Waals surface area contributed by atoms with Gasteiger partial charge in [-0.3, -0.25) is 4.79 Å². The number of urea groups is 1. The lowest BCUT2D eigenvalue weighted by Gasteiger charge is -2.34. The number of aromatic nitrogens is 1. The van der Waals surface area contributed by atoms with E-state index in [2.05, 4.69) is 57.3 Å². The third-order valence-electron chi connectivity index (χ3n) is 8.59. The molecule has 0 saturated carbocycles. The van der Waals surface area contributed by atoms with Crippen LogP contribution < -0.4 is 16.0 Å². The Morgan fingerprint density at radius 3 is 2.55 bits per heavy atom. The lowest BCUT2D eigenvalue weighted by atomic mass is 9.89. The second kappa shape index (κ2) is 11.6. The van der Waals surface area contributed by atoms with Gasteiger partial charge in [0.1, 0.15) is 6.04 Å². The van der Waals surface area contributed by atoms with E-state index in [9.17, 15) is 9.59 Å². The van der Waals surface area contributed by atoms with E-state index in [0.717, 1.165) is 54.5 Å². The molecule has 40 heavy (non-hydrogen) atoms. The number of benzene rings is 3. The Bertz CT molecular complexity index is 1490. The summed E-state index contributed by atoms with van der Waals surface area (Å²) >= 11 is 0. The topological polar surface area (TPSA) is 89.3 Å². The fourth-order valence-electron chi connectivity index (χ4n) is 6.21. The molecule has 1 aromatic heterocycles. The number of H-pyrrole nitrogens is 1. The van der Waals surface area contributed by atoms with Crippen LogP contribution in [0.15, 0.2) is 79.0 Å². The molecule has 2 atom stereocenters. The van der Waals surface area contributed by atoms with Crippen molar-refractivity contribution in [3.05, 3.63) is 101 Å². The van der Waals surface area contributed by atoms with Gasteiger partial charge in [0.05, 0.1) is 0 Å². The molecule has 0 radical (unpaired) electrons. The van der Waals surface area contributed by atoms with Gasteiger partial charge in [-0.1, -0.05) is 61.5 Å². The minimum Gasteiger partial charge on any atom is -0.361 e. The van der Waals surface area contributed by atoms with Gasteiger partial charge < -0.3 is 25.8 Å². The summed E-state index contributed by atoms with van der Waals surface area (Å²) in [4.78, 5) is 32.6. The predicted octanol–water partition coefficient (Wildman–Crippen LogP) is 5.51. The molecule has 7 heteroatoms. The number of anilines is 1. The van der Waals surface area contributed by atoms with Crippen LogP contribution in [0.4, 0.5) is 10.5 Å². The number of nitrogens with one attached hydrogen (secondary N) is 4. The molecule has 3 amide bonds. The van der Waals surface area contributed by atoms with Crippen LogP contribution in [-0.4, -0.2) is 47.5 Å². The van der Waals surface area contributed by atoms with Crippen molar-refractivity contribution in [1.29, 1.82) is 0 Å². The van der Waals surface area contributed by atoms with Crippen LogP contribution in [0.5, 0.6) is 0 Å². The number of carbonyl (C=O) groups is 2. The second-order valence-electron chi connectivity index (χ2n) is 11.1. The number of amides is 3.